The number of imide groups is 1. The van der Waals surface area contributed by atoms with Crippen molar-refractivity contribution in [2.45, 2.75) is 65.5 Å². The van der Waals surface area contributed by atoms with Crippen LogP contribution in [0.3, 0.4) is 0 Å². The van der Waals surface area contributed by atoms with Crippen molar-refractivity contribution in [2.24, 2.45) is 0 Å². The predicted molar refractivity (Wildman–Crippen MR) is 121 cm³/mol. The molecule has 0 aromatic heterocycles. The minimum absolute atomic E-state index is 0.0770. The highest BCUT2D eigenvalue weighted by Gasteiger charge is 2.38. The number of amides is 2. The van der Waals surface area contributed by atoms with Crippen LogP contribution in [-0.2, 0) is 14.3 Å². The van der Waals surface area contributed by atoms with E-state index in [1.807, 2.05) is 6.92 Å². The van der Waals surface area contributed by atoms with E-state index in [0.29, 0.717) is 10.8 Å². The molecule has 0 radical (unpaired) electrons. The Kier molecular flexibility index (Phi) is 6.05. The fourth-order valence-electron chi connectivity index (χ4n) is 4.10. The Balaban J connectivity index is 1.89. The van der Waals surface area contributed by atoms with Crippen LogP contribution in [-0.4, -0.2) is 47.3 Å². The van der Waals surface area contributed by atoms with Crippen LogP contribution in [0.5, 0.6) is 0 Å². The summed E-state index contributed by atoms with van der Waals surface area (Å²) in [5.41, 5.74) is 4.49. The molecule has 7 heteroatoms. The normalized spacial score (nSPS) is 22.1. The first-order valence-electron chi connectivity index (χ1n) is 10.2. The number of carbonyl (C=O) groups is 3. The molecular weight excluding hydrogens is 400 g/mol. The second-order valence-electron chi connectivity index (χ2n) is 9.05. The summed E-state index contributed by atoms with van der Waals surface area (Å²) in [4.78, 5) is 40.5. The number of aryl methyl sites for hydroxylation is 1. The Morgan fingerprint density at radius 3 is 2.63 bits per heavy atom. The highest BCUT2D eigenvalue weighted by Crippen LogP contribution is 2.44. The molecule has 0 N–H and O–H groups in total. The lowest BCUT2D eigenvalue weighted by Gasteiger charge is -2.45. The van der Waals surface area contributed by atoms with Crippen molar-refractivity contribution in [3.8, 4) is 0 Å². The van der Waals surface area contributed by atoms with Crippen LogP contribution in [0.25, 0.3) is 6.08 Å². The van der Waals surface area contributed by atoms with Gasteiger partial charge >= 0.3 is 5.97 Å². The number of hydrogen-bond acceptors (Lipinski definition) is 6. The molecule has 1 aromatic rings. The number of anilines is 1. The summed E-state index contributed by atoms with van der Waals surface area (Å²) in [5, 5.41) is -0.447. The Hall–Kier alpha value is -2.28. The lowest BCUT2D eigenvalue weighted by Crippen LogP contribution is -2.45. The van der Waals surface area contributed by atoms with E-state index in [9.17, 15) is 14.4 Å². The van der Waals surface area contributed by atoms with Crippen molar-refractivity contribution in [3.05, 3.63) is 33.7 Å². The van der Waals surface area contributed by atoms with Gasteiger partial charge in [0, 0.05) is 18.3 Å². The van der Waals surface area contributed by atoms with E-state index in [0.717, 1.165) is 34.2 Å². The molecule has 1 saturated heterocycles. The third-order valence-corrected chi connectivity index (χ3v) is 6.74. The van der Waals surface area contributed by atoms with E-state index in [-0.39, 0.29) is 18.2 Å². The number of carbonyl (C=O) groups excluding carboxylic acids is 3. The van der Waals surface area contributed by atoms with Crippen LogP contribution in [0.2, 0.25) is 0 Å². The van der Waals surface area contributed by atoms with Gasteiger partial charge < -0.3 is 9.64 Å². The van der Waals surface area contributed by atoms with Crippen LogP contribution in [0.1, 0.15) is 63.6 Å². The van der Waals surface area contributed by atoms with Gasteiger partial charge in [0.25, 0.3) is 11.1 Å². The van der Waals surface area contributed by atoms with E-state index >= 15 is 0 Å². The molecule has 2 amide bonds. The minimum Gasteiger partial charge on any atom is -0.462 e. The highest BCUT2D eigenvalue weighted by atomic mass is 32.2. The summed E-state index contributed by atoms with van der Waals surface area (Å²) >= 11 is 0.865. The third kappa shape index (κ3) is 4.26. The van der Waals surface area contributed by atoms with Gasteiger partial charge in [0.2, 0.25) is 0 Å². The second-order valence-corrected chi connectivity index (χ2v) is 10.0. The minimum atomic E-state index is -0.585. The zero-order valence-electron chi connectivity index (χ0n) is 18.7. The van der Waals surface area contributed by atoms with Crippen LogP contribution in [0, 0.1) is 6.92 Å². The molecule has 162 valence electrons. The summed E-state index contributed by atoms with van der Waals surface area (Å²) in [5.74, 6) is -0.646. The zero-order valence-corrected chi connectivity index (χ0v) is 19.6. The van der Waals surface area contributed by atoms with Gasteiger partial charge in [0.1, 0.15) is 6.54 Å². The van der Waals surface area contributed by atoms with Crippen molar-refractivity contribution in [1.82, 2.24) is 4.90 Å². The summed E-state index contributed by atoms with van der Waals surface area (Å²) in [6, 6.07) is 4.28. The first kappa shape index (κ1) is 22.4. The summed E-state index contributed by atoms with van der Waals surface area (Å²) in [6.07, 6.45) is 2.50. The van der Waals surface area contributed by atoms with E-state index in [1.165, 1.54) is 11.3 Å². The van der Waals surface area contributed by atoms with Gasteiger partial charge in [-0.25, -0.2) is 0 Å². The number of esters is 1. The van der Waals surface area contributed by atoms with Gasteiger partial charge in [-0.1, -0.05) is 6.92 Å². The van der Waals surface area contributed by atoms with E-state index in [2.05, 4.69) is 44.9 Å². The molecule has 0 spiro atoms. The van der Waals surface area contributed by atoms with Crippen molar-refractivity contribution < 1.29 is 19.1 Å². The number of nitrogens with zero attached hydrogens (tertiary/aromatic N) is 2. The summed E-state index contributed by atoms with van der Waals surface area (Å²) < 4.78 is 5.06. The predicted octanol–water partition coefficient (Wildman–Crippen LogP) is 4.70. The monoisotopic (exact) mass is 430 g/mol. The van der Waals surface area contributed by atoms with E-state index < -0.39 is 17.1 Å². The molecule has 30 heavy (non-hydrogen) atoms. The molecule has 1 fully saturated rings. The second kappa shape index (κ2) is 8.10. The molecule has 0 bridgehead atoms. The Morgan fingerprint density at radius 1 is 1.33 bits per heavy atom. The number of ether oxygens (including phenoxy) is 1. The average Bonchev–Trinajstić information content (AvgIpc) is 2.87. The smallest absolute Gasteiger partial charge is 0.326 e. The standard InChI is InChI=1S/C23H30N2O4S/c1-13(2)29-20(26)12-25-21(27)19(30-22(25)28)10-16-9-17-15(4)11-23(5,6)24(7)18(17)8-14(16)3/h8-10,13,15H,11-12H2,1-7H3/b19-10-. The molecule has 0 aliphatic carbocycles. The lowest BCUT2D eigenvalue weighted by molar-refractivity contribution is -0.149. The molecular formula is C23H30N2O4S. The summed E-state index contributed by atoms with van der Waals surface area (Å²) in [7, 11) is 2.12. The quantitative estimate of drug-likeness (QED) is 0.509. The molecule has 3 rings (SSSR count). The molecule has 1 aromatic carbocycles. The Bertz CT molecular complexity index is 935. The fourth-order valence-corrected chi connectivity index (χ4v) is 4.93. The largest absolute Gasteiger partial charge is 0.462 e. The molecule has 0 saturated carbocycles. The maximum absolute atomic E-state index is 12.7. The molecule has 1 unspecified atom stereocenters. The molecule has 1 atom stereocenters. The maximum Gasteiger partial charge on any atom is 0.326 e. The Labute approximate surface area is 182 Å². The van der Waals surface area contributed by atoms with Crippen LogP contribution in [0.4, 0.5) is 10.5 Å². The molecule has 2 aliphatic rings. The van der Waals surface area contributed by atoms with Crippen molar-refractivity contribution in [2.75, 3.05) is 18.5 Å². The third-order valence-electron chi connectivity index (χ3n) is 5.84. The number of benzene rings is 1. The zero-order chi connectivity index (χ0) is 22.4. The van der Waals surface area contributed by atoms with Gasteiger partial charge in [-0.05, 0) is 93.6 Å². The SMILES string of the molecule is Cc1cc2c(cc1/C=C1\SC(=O)N(CC(=O)OC(C)C)C1=O)C(C)CC(C)(C)N2C. The number of fused-ring (bicyclic) bond motifs is 1. The van der Waals surface area contributed by atoms with E-state index in [4.69, 9.17) is 4.74 Å². The highest BCUT2D eigenvalue weighted by molar-refractivity contribution is 8.18. The average molecular weight is 431 g/mol. The van der Waals surface area contributed by atoms with Gasteiger partial charge in [-0.3, -0.25) is 19.3 Å². The molecule has 6 nitrogen and oxygen atoms in total. The number of rotatable bonds is 4. The number of hydrogen-bond donors (Lipinski definition) is 0. The van der Waals surface area contributed by atoms with Crippen LogP contribution in [0.15, 0.2) is 17.0 Å². The van der Waals surface area contributed by atoms with Gasteiger partial charge in [0.05, 0.1) is 11.0 Å². The topological polar surface area (TPSA) is 66.9 Å². The first-order chi connectivity index (χ1) is 13.9. The molecule has 2 aliphatic heterocycles. The van der Waals surface area contributed by atoms with Gasteiger partial charge in [-0.2, -0.15) is 0 Å². The fraction of sp³-hybridized carbons (Fsp3) is 0.522. The van der Waals surface area contributed by atoms with Crippen molar-refractivity contribution in [1.29, 1.82) is 0 Å². The van der Waals surface area contributed by atoms with Gasteiger partial charge in [0.15, 0.2) is 0 Å². The van der Waals surface area contributed by atoms with E-state index in [1.54, 1.807) is 19.9 Å². The van der Waals surface area contributed by atoms with Crippen LogP contribution >= 0.6 is 11.8 Å². The van der Waals surface area contributed by atoms with Crippen LogP contribution < -0.4 is 4.90 Å². The Morgan fingerprint density at radius 2 is 2.00 bits per heavy atom. The first-order valence-corrected chi connectivity index (χ1v) is 11.1. The lowest BCUT2D eigenvalue weighted by atomic mass is 9.79. The summed E-state index contributed by atoms with van der Waals surface area (Å²) in [6.45, 7) is 11.8. The van der Waals surface area contributed by atoms with Crippen molar-refractivity contribution >= 4 is 40.6 Å². The maximum atomic E-state index is 12.7. The van der Waals surface area contributed by atoms with Crippen molar-refractivity contribution in [3.63, 3.8) is 0 Å². The molecule has 2 heterocycles. The van der Waals surface area contributed by atoms with Gasteiger partial charge in [-0.15, -0.1) is 0 Å². The number of thioether (sulfide) groups is 1.